The summed E-state index contributed by atoms with van der Waals surface area (Å²) in [7, 11) is 1.53. The van der Waals surface area contributed by atoms with Gasteiger partial charge in [0.05, 0.1) is 32.4 Å². The molecule has 2 aliphatic heterocycles. The molecule has 0 unspecified atom stereocenters. The first-order valence-corrected chi connectivity index (χ1v) is 8.23. The number of hydrogen-bond donors (Lipinski definition) is 2. The second kappa shape index (κ2) is 7.08. The number of fused-ring (bicyclic) bond motifs is 1. The molecule has 9 heteroatoms. The average molecular weight is 367 g/mol. The summed E-state index contributed by atoms with van der Waals surface area (Å²) < 4.78 is 30.8. The number of nitrogens with zero attached hydrogens (tertiary/aromatic N) is 2. The summed E-state index contributed by atoms with van der Waals surface area (Å²) in [5, 5.41) is 11.7. The first kappa shape index (κ1) is 18.4. The maximum atomic E-state index is 14.7. The number of rotatable bonds is 4. The Bertz CT molecular complexity index is 735. The van der Waals surface area contributed by atoms with E-state index < -0.39 is 11.2 Å². The topological polar surface area (TPSA) is 107 Å². The van der Waals surface area contributed by atoms with Gasteiger partial charge in [0.15, 0.2) is 5.84 Å². The van der Waals surface area contributed by atoms with Gasteiger partial charge < -0.3 is 30.1 Å². The monoisotopic (exact) mass is 367 g/mol. The van der Waals surface area contributed by atoms with Crippen LogP contribution in [0.1, 0.15) is 18.1 Å². The van der Waals surface area contributed by atoms with Crippen molar-refractivity contribution in [2.75, 3.05) is 33.5 Å². The Morgan fingerprint density at radius 3 is 2.85 bits per heavy atom. The van der Waals surface area contributed by atoms with Crippen LogP contribution < -0.4 is 10.5 Å². The first-order valence-electron chi connectivity index (χ1n) is 8.23. The number of amidine groups is 1. The largest absolute Gasteiger partial charge is 0.491 e. The summed E-state index contributed by atoms with van der Waals surface area (Å²) >= 11 is 0. The lowest BCUT2D eigenvalue weighted by Gasteiger charge is -2.43. The maximum absolute atomic E-state index is 14.7. The third-order valence-corrected chi connectivity index (χ3v) is 4.79. The second-order valence-corrected chi connectivity index (χ2v) is 6.72. The molecule has 26 heavy (non-hydrogen) atoms. The molecule has 0 bridgehead atoms. The predicted octanol–water partition coefficient (Wildman–Crippen LogP) is 0.693. The Labute approximate surface area is 150 Å². The summed E-state index contributed by atoms with van der Waals surface area (Å²) in [4.78, 5) is 14.7. The van der Waals surface area contributed by atoms with Gasteiger partial charge in [-0.15, -0.1) is 0 Å². The van der Waals surface area contributed by atoms with E-state index in [0.717, 1.165) is 6.07 Å². The molecule has 1 aromatic rings. The summed E-state index contributed by atoms with van der Waals surface area (Å²) in [6.45, 7) is 2.90. The van der Waals surface area contributed by atoms with Gasteiger partial charge in [0, 0.05) is 18.2 Å². The molecule has 8 nitrogen and oxygen atoms in total. The molecule has 3 rings (SSSR count). The molecule has 0 radical (unpaired) electrons. The molecule has 142 valence electrons. The number of nitrogens with two attached hydrogens (primary N) is 1. The van der Waals surface area contributed by atoms with E-state index >= 15 is 0 Å². The van der Waals surface area contributed by atoms with E-state index in [0.29, 0.717) is 0 Å². The number of methoxy groups -OCH3 is 1. The Balaban J connectivity index is 1.93. The van der Waals surface area contributed by atoms with Crippen molar-refractivity contribution in [1.82, 2.24) is 4.90 Å². The zero-order valence-corrected chi connectivity index (χ0v) is 14.7. The molecule has 2 heterocycles. The van der Waals surface area contributed by atoms with Gasteiger partial charge in [-0.1, -0.05) is 5.16 Å². The molecule has 0 spiro atoms. The molecule has 3 N–H and O–H groups in total. The van der Waals surface area contributed by atoms with Crippen LogP contribution in [0.25, 0.3) is 0 Å². The SMILES string of the molecule is COCC1(C(=O)N2Cc3c(F)cc(C(N)=NO)cc3OC[C@@H]2C)COC1. The van der Waals surface area contributed by atoms with Gasteiger partial charge in [0.1, 0.15) is 23.6 Å². The molecule has 0 aromatic heterocycles. The summed E-state index contributed by atoms with van der Waals surface area (Å²) in [5.41, 5.74) is 5.26. The van der Waals surface area contributed by atoms with E-state index in [1.54, 1.807) is 4.90 Å². The highest BCUT2D eigenvalue weighted by Crippen LogP contribution is 2.35. The summed E-state index contributed by atoms with van der Waals surface area (Å²) in [5.74, 6) is -0.665. The van der Waals surface area contributed by atoms with Crippen LogP contribution in [0.4, 0.5) is 4.39 Å². The number of carbonyl (C=O) groups is 1. The highest BCUT2D eigenvalue weighted by Gasteiger charge is 2.49. The molecule has 1 saturated heterocycles. The Morgan fingerprint density at radius 1 is 1.54 bits per heavy atom. The number of carbonyl (C=O) groups excluding carboxylic acids is 1. The fourth-order valence-corrected chi connectivity index (χ4v) is 3.20. The van der Waals surface area contributed by atoms with Crippen LogP contribution in [0, 0.1) is 11.2 Å². The molecule has 1 aromatic carbocycles. The molecule has 1 amide bonds. The highest BCUT2D eigenvalue weighted by atomic mass is 19.1. The minimum Gasteiger partial charge on any atom is -0.491 e. The van der Waals surface area contributed by atoms with Crippen LogP contribution in [-0.2, 0) is 20.8 Å². The number of benzene rings is 1. The van der Waals surface area contributed by atoms with Gasteiger partial charge in [-0.2, -0.15) is 0 Å². The van der Waals surface area contributed by atoms with Crippen LogP contribution in [0.2, 0.25) is 0 Å². The molecule has 1 fully saturated rings. The van der Waals surface area contributed by atoms with Crippen molar-refractivity contribution in [3.8, 4) is 5.75 Å². The van der Waals surface area contributed by atoms with E-state index in [2.05, 4.69) is 5.16 Å². The van der Waals surface area contributed by atoms with Gasteiger partial charge in [-0.3, -0.25) is 4.79 Å². The summed E-state index contributed by atoms with van der Waals surface area (Å²) in [6, 6.07) is 2.40. The number of amides is 1. The summed E-state index contributed by atoms with van der Waals surface area (Å²) in [6.07, 6.45) is 0. The fourth-order valence-electron chi connectivity index (χ4n) is 3.20. The minimum atomic E-state index is -0.738. The van der Waals surface area contributed by atoms with Crippen molar-refractivity contribution < 1.29 is 28.6 Å². The molecule has 1 atom stereocenters. The minimum absolute atomic E-state index is 0.0586. The highest BCUT2D eigenvalue weighted by molar-refractivity contribution is 5.97. The average Bonchev–Trinajstić information content (AvgIpc) is 2.76. The zero-order valence-electron chi connectivity index (χ0n) is 14.7. The van der Waals surface area contributed by atoms with Crippen LogP contribution in [0.3, 0.4) is 0 Å². The van der Waals surface area contributed by atoms with Gasteiger partial charge in [0.25, 0.3) is 0 Å². The lowest BCUT2D eigenvalue weighted by Crippen LogP contribution is -2.59. The number of oxime groups is 1. The van der Waals surface area contributed by atoms with Gasteiger partial charge in [0.2, 0.25) is 5.91 Å². The Kier molecular flexibility index (Phi) is 5.01. The molecule has 2 aliphatic rings. The van der Waals surface area contributed by atoms with Crippen LogP contribution >= 0.6 is 0 Å². The second-order valence-electron chi connectivity index (χ2n) is 6.72. The van der Waals surface area contributed by atoms with Crippen LogP contribution in [-0.4, -0.2) is 61.4 Å². The van der Waals surface area contributed by atoms with Gasteiger partial charge >= 0.3 is 0 Å². The van der Waals surface area contributed by atoms with Crippen molar-refractivity contribution in [1.29, 1.82) is 0 Å². The molecule has 0 saturated carbocycles. The zero-order chi connectivity index (χ0) is 18.9. The predicted molar refractivity (Wildman–Crippen MR) is 89.5 cm³/mol. The van der Waals surface area contributed by atoms with E-state index in [9.17, 15) is 9.18 Å². The Morgan fingerprint density at radius 2 is 2.27 bits per heavy atom. The Hall–Kier alpha value is -2.39. The van der Waals surface area contributed by atoms with Crippen molar-refractivity contribution in [3.63, 3.8) is 0 Å². The lowest BCUT2D eigenvalue weighted by molar-refractivity contribution is -0.185. The third-order valence-electron chi connectivity index (χ3n) is 4.79. The van der Waals surface area contributed by atoms with Gasteiger partial charge in [-0.05, 0) is 19.1 Å². The van der Waals surface area contributed by atoms with E-state index in [-0.39, 0.29) is 67.6 Å². The number of halogens is 1. The first-order chi connectivity index (χ1) is 12.4. The molecule has 0 aliphatic carbocycles. The van der Waals surface area contributed by atoms with Crippen LogP contribution in [0.15, 0.2) is 17.3 Å². The van der Waals surface area contributed by atoms with Gasteiger partial charge in [-0.25, -0.2) is 4.39 Å². The number of ether oxygens (including phenoxy) is 3. The number of hydrogen-bond acceptors (Lipinski definition) is 6. The van der Waals surface area contributed by atoms with Crippen LogP contribution in [0.5, 0.6) is 5.75 Å². The van der Waals surface area contributed by atoms with E-state index in [1.165, 1.54) is 13.2 Å². The van der Waals surface area contributed by atoms with Crippen molar-refractivity contribution in [2.24, 2.45) is 16.3 Å². The smallest absolute Gasteiger partial charge is 0.236 e. The maximum Gasteiger partial charge on any atom is 0.236 e. The molecular formula is C17H22FN3O5. The van der Waals surface area contributed by atoms with E-state index in [1.807, 2.05) is 6.92 Å². The molecular weight excluding hydrogens is 345 g/mol. The van der Waals surface area contributed by atoms with Crippen molar-refractivity contribution >= 4 is 11.7 Å². The van der Waals surface area contributed by atoms with E-state index in [4.69, 9.17) is 25.2 Å². The van der Waals surface area contributed by atoms with Crippen molar-refractivity contribution in [2.45, 2.75) is 19.5 Å². The normalized spacial score (nSPS) is 22.0. The quantitative estimate of drug-likeness (QED) is 0.351. The van der Waals surface area contributed by atoms with Crippen molar-refractivity contribution in [3.05, 3.63) is 29.1 Å². The fraction of sp³-hybridized carbons (Fsp3) is 0.529. The standard InChI is InChI=1S/C17H22FN3O5/c1-10-6-26-14-4-11(15(19)20-23)3-13(18)12(14)5-21(10)16(22)17(7-24-2)8-25-9-17/h3-4,10,23H,5-9H2,1-2H3,(H2,19,20)/t10-/m0/s1. The lowest BCUT2D eigenvalue weighted by atomic mass is 9.84. The third kappa shape index (κ3) is 3.08.